The Morgan fingerprint density at radius 1 is 1.03 bits per heavy atom. The molecule has 1 saturated heterocycles. The summed E-state index contributed by atoms with van der Waals surface area (Å²) in [6.07, 6.45) is 0.472. The average molecular weight is 486 g/mol. The Labute approximate surface area is 208 Å². The zero-order valence-electron chi connectivity index (χ0n) is 19.2. The summed E-state index contributed by atoms with van der Waals surface area (Å²) in [5, 5.41) is 1.68. The molecule has 0 spiro atoms. The summed E-state index contributed by atoms with van der Waals surface area (Å²) in [5.41, 5.74) is 4.88. The van der Waals surface area contributed by atoms with Crippen LogP contribution in [-0.2, 0) is 22.6 Å². The van der Waals surface area contributed by atoms with Crippen molar-refractivity contribution in [3.05, 3.63) is 100 Å². The number of ether oxygens (including phenoxy) is 1. The van der Waals surface area contributed by atoms with E-state index in [1.165, 1.54) is 0 Å². The SMILES string of the molecule is COc1ccc(CN2CC(=O)N3C(c4cccc(Cl)c4)c4[nH]c5ccccc5c4C[C@H]3C2=O)cc1. The van der Waals surface area contributed by atoms with Gasteiger partial charge in [0.2, 0.25) is 11.8 Å². The minimum Gasteiger partial charge on any atom is -0.497 e. The lowest BCUT2D eigenvalue weighted by Gasteiger charge is -2.47. The van der Waals surface area contributed by atoms with Crippen LogP contribution >= 0.6 is 11.6 Å². The fraction of sp³-hybridized carbons (Fsp3) is 0.214. The zero-order chi connectivity index (χ0) is 24.1. The highest BCUT2D eigenvalue weighted by Gasteiger charge is 2.48. The Morgan fingerprint density at radius 2 is 1.83 bits per heavy atom. The Morgan fingerprint density at radius 3 is 2.60 bits per heavy atom. The van der Waals surface area contributed by atoms with Crippen LogP contribution in [0.25, 0.3) is 10.9 Å². The summed E-state index contributed by atoms with van der Waals surface area (Å²) in [5.74, 6) is 0.644. The number of H-pyrrole nitrogens is 1. The van der Waals surface area contributed by atoms with Gasteiger partial charge in [0.25, 0.3) is 0 Å². The maximum atomic E-state index is 13.8. The minimum atomic E-state index is -0.579. The first kappa shape index (κ1) is 21.7. The summed E-state index contributed by atoms with van der Waals surface area (Å²) in [6, 6.07) is 22.2. The van der Waals surface area contributed by atoms with Crippen LogP contribution in [0.3, 0.4) is 0 Å². The number of carbonyl (C=O) groups is 2. The van der Waals surface area contributed by atoms with Crippen molar-refractivity contribution in [3.63, 3.8) is 0 Å². The molecule has 2 aliphatic heterocycles. The van der Waals surface area contributed by atoms with E-state index in [0.29, 0.717) is 18.0 Å². The molecule has 0 radical (unpaired) electrons. The Hall–Kier alpha value is -3.77. The molecule has 2 amide bonds. The first-order chi connectivity index (χ1) is 17.0. The van der Waals surface area contributed by atoms with Crippen molar-refractivity contribution in [1.82, 2.24) is 14.8 Å². The number of nitrogens with one attached hydrogen (secondary N) is 1. The van der Waals surface area contributed by atoms with Gasteiger partial charge in [-0.3, -0.25) is 9.59 Å². The molecule has 1 unspecified atom stereocenters. The van der Waals surface area contributed by atoms with E-state index >= 15 is 0 Å². The fourth-order valence-electron chi connectivity index (χ4n) is 5.43. The van der Waals surface area contributed by atoms with E-state index in [2.05, 4.69) is 11.1 Å². The molecule has 3 heterocycles. The normalized spacial score (nSPS) is 19.6. The number of benzene rings is 3. The first-order valence-corrected chi connectivity index (χ1v) is 12.0. The number of rotatable bonds is 4. The topological polar surface area (TPSA) is 65.6 Å². The van der Waals surface area contributed by atoms with E-state index in [-0.39, 0.29) is 18.4 Å². The second-order valence-corrected chi connectivity index (χ2v) is 9.52. The number of hydrogen-bond acceptors (Lipinski definition) is 3. The number of nitrogens with zero attached hydrogens (tertiary/aromatic N) is 2. The smallest absolute Gasteiger partial charge is 0.246 e. The quantitative estimate of drug-likeness (QED) is 0.455. The Balaban J connectivity index is 1.42. The van der Waals surface area contributed by atoms with Crippen LogP contribution in [0.4, 0.5) is 0 Å². The number of para-hydroxylation sites is 1. The third-order valence-electron chi connectivity index (χ3n) is 7.04. The van der Waals surface area contributed by atoms with Crippen LogP contribution in [0.2, 0.25) is 5.02 Å². The predicted octanol–water partition coefficient (Wildman–Crippen LogP) is 4.72. The molecule has 176 valence electrons. The van der Waals surface area contributed by atoms with Crippen molar-refractivity contribution < 1.29 is 14.3 Å². The molecule has 1 fully saturated rings. The molecule has 1 N–H and O–H groups in total. The Bertz CT molecular complexity index is 1450. The molecule has 0 aliphatic carbocycles. The van der Waals surface area contributed by atoms with Crippen molar-refractivity contribution in [2.24, 2.45) is 0 Å². The molecule has 7 heteroatoms. The van der Waals surface area contributed by atoms with Gasteiger partial charge in [-0.25, -0.2) is 0 Å². The molecule has 1 aromatic heterocycles. The molecular formula is C28H24ClN3O3. The first-order valence-electron chi connectivity index (χ1n) is 11.6. The van der Waals surface area contributed by atoms with Crippen LogP contribution in [0.1, 0.15) is 28.4 Å². The van der Waals surface area contributed by atoms with Crippen LogP contribution in [0, 0.1) is 0 Å². The second kappa shape index (κ2) is 8.47. The lowest BCUT2D eigenvalue weighted by Crippen LogP contribution is -2.62. The highest BCUT2D eigenvalue weighted by molar-refractivity contribution is 6.30. The molecule has 6 rings (SSSR count). The number of fused-ring (bicyclic) bond motifs is 4. The van der Waals surface area contributed by atoms with Gasteiger partial charge in [-0.15, -0.1) is 0 Å². The summed E-state index contributed by atoms with van der Waals surface area (Å²) < 4.78 is 5.24. The van der Waals surface area contributed by atoms with E-state index in [0.717, 1.165) is 39.0 Å². The maximum Gasteiger partial charge on any atom is 0.246 e. The number of amides is 2. The van der Waals surface area contributed by atoms with Gasteiger partial charge in [0.1, 0.15) is 18.3 Å². The number of piperazine rings is 1. The van der Waals surface area contributed by atoms with Gasteiger partial charge in [0.15, 0.2) is 0 Å². The van der Waals surface area contributed by atoms with Crippen molar-refractivity contribution in [1.29, 1.82) is 0 Å². The summed E-state index contributed by atoms with van der Waals surface area (Å²) in [7, 11) is 1.62. The lowest BCUT2D eigenvalue weighted by atomic mass is 9.86. The zero-order valence-corrected chi connectivity index (χ0v) is 20.0. The molecule has 2 aliphatic rings. The Kier molecular flexibility index (Phi) is 5.26. The van der Waals surface area contributed by atoms with Crippen LogP contribution in [0.5, 0.6) is 5.75 Å². The number of halogens is 1. The predicted molar refractivity (Wildman–Crippen MR) is 134 cm³/mol. The second-order valence-electron chi connectivity index (χ2n) is 9.08. The lowest BCUT2D eigenvalue weighted by molar-refractivity contribution is -0.159. The van der Waals surface area contributed by atoms with Gasteiger partial charge in [-0.1, -0.05) is 54.1 Å². The van der Waals surface area contributed by atoms with Gasteiger partial charge in [0.05, 0.1) is 13.2 Å². The summed E-state index contributed by atoms with van der Waals surface area (Å²) in [6.45, 7) is 0.412. The number of aromatic amines is 1. The summed E-state index contributed by atoms with van der Waals surface area (Å²) in [4.78, 5) is 34.4. The van der Waals surface area contributed by atoms with Gasteiger partial charge in [0, 0.05) is 34.6 Å². The maximum absolute atomic E-state index is 13.8. The highest BCUT2D eigenvalue weighted by Crippen LogP contribution is 2.43. The molecule has 0 bridgehead atoms. The van der Waals surface area contributed by atoms with E-state index in [9.17, 15) is 9.59 Å². The monoisotopic (exact) mass is 485 g/mol. The third kappa shape index (κ3) is 3.65. The standard InChI is InChI=1S/C28H24ClN3O3/c1-35-20-11-9-17(10-12-20)15-31-16-25(33)32-24(28(31)34)14-22-21-7-2-3-8-23(21)30-26(22)27(32)18-5-4-6-19(29)13-18/h2-13,24,27,30H,14-16H2,1H3/t24-,27?/m0/s1. The fourth-order valence-corrected chi connectivity index (χ4v) is 5.63. The number of hydrogen-bond donors (Lipinski definition) is 1. The van der Waals surface area contributed by atoms with Gasteiger partial charge >= 0.3 is 0 Å². The molecular weight excluding hydrogens is 462 g/mol. The molecule has 4 aromatic rings. The van der Waals surface area contributed by atoms with Gasteiger partial charge in [-0.2, -0.15) is 0 Å². The molecule has 2 atom stereocenters. The van der Waals surface area contributed by atoms with Crippen LogP contribution < -0.4 is 4.74 Å². The highest BCUT2D eigenvalue weighted by atomic mass is 35.5. The van der Waals surface area contributed by atoms with Gasteiger partial charge < -0.3 is 19.5 Å². The van der Waals surface area contributed by atoms with Crippen LogP contribution in [-0.4, -0.2) is 46.3 Å². The van der Waals surface area contributed by atoms with Crippen LogP contribution in [0.15, 0.2) is 72.8 Å². The number of methoxy groups -OCH3 is 1. The molecule has 35 heavy (non-hydrogen) atoms. The van der Waals surface area contributed by atoms with E-state index in [1.54, 1.807) is 16.9 Å². The van der Waals surface area contributed by atoms with E-state index in [4.69, 9.17) is 16.3 Å². The van der Waals surface area contributed by atoms with Crippen molar-refractivity contribution in [2.75, 3.05) is 13.7 Å². The van der Waals surface area contributed by atoms with E-state index in [1.807, 2.05) is 66.7 Å². The molecule has 0 saturated carbocycles. The largest absolute Gasteiger partial charge is 0.497 e. The number of aromatic nitrogens is 1. The van der Waals surface area contributed by atoms with Crippen molar-refractivity contribution in [2.45, 2.75) is 25.0 Å². The number of carbonyl (C=O) groups excluding carboxylic acids is 2. The minimum absolute atomic E-state index is 0.0357. The summed E-state index contributed by atoms with van der Waals surface area (Å²) >= 11 is 6.35. The third-order valence-corrected chi connectivity index (χ3v) is 7.27. The molecule has 3 aromatic carbocycles. The van der Waals surface area contributed by atoms with E-state index < -0.39 is 12.1 Å². The van der Waals surface area contributed by atoms with Crippen molar-refractivity contribution >= 4 is 34.3 Å². The van der Waals surface area contributed by atoms with Crippen molar-refractivity contribution in [3.8, 4) is 5.75 Å². The van der Waals surface area contributed by atoms with Gasteiger partial charge in [-0.05, 0) is 47.0 Å². The average Bonchev–Trinajstić information content (AvgIpc) is 3.24. The molecule has 6 nitrogen and oxygen atoms in total.